The van der Waals surface area contributed by atoms with E-state index < -0.39 is 0 Å². The highest BCUT2D eigenvalue weighted by Crippen LogP contribution is 2.38. The molecule has 0 saturated heterocycles. The highest BCUT2D eigenvalue weighted by atomic mass is 16.5. The lowest BCUT2D eigenvalue weighted by molar-refractivity contribution is 0.415. The fourth-order valence-corrected chi connectivity index (χ4v) is 7.04. The Morgan fingerprint density at radius 3 is 2.08 bits per heavy atom. The van der Waals surface area contributed by atoms with E-state index in [2.05, 4.69) is 102 Å². The van der Waals surface area contributed by atoms with Gasteiger partial charge in [0.2, 0.25) is 0 Å². The van der Waals surface area contributed by atoms with Gasteiger partial charge in [-0.2, -0.15) is 0 Å². The minimum absolute atomic E-state index is 0.651. The number of hydrogen-bond acceptors (Lipinski definition) is 5. The summed E-state index contributed by atoms with van der Waals surface area (Å²) in [5.74, 6) is 3.12. The molecule has 8 heteroatoms. The van der Waals surface area contributed by atoms with Crippen LogP contribution < -0.4 is 4.74 Å². The molecule has 8 nitrogen and oxygen atoms in total. The van der Waals surface area contributed by atoms with Crippen LogP contribution in [0, 0.1) is 6.92 Å². The maximum Gasteiger partial charge on any atom is 0.182 e. The number of pyridine rings is 2. The molecule has 49 heavy (non-hydrogen) atoms. The lowest BCUT2D eigenvalue weighted by atomic mass is 10.1. The Morgan fingerprint density at radius 2 is 1.37 bits per heavy atom. The second kappa shape index (κ2) is 11.5. The van der Waals surface area contributed by atoms with E-state index in [0.717, 1.165) is 90.9 Å². The zero-order valence-corrected chi connectivity index (χ0v) is 27.5. The van der Waals surface area contributed by atoms with Crippen LogP contribution in [0.1, 0.15) is 24.7 Å². The molecule has 0 fully saturated rings. The first-order valence-corrected chi connectivity index (χ1v) is 16.6. The number of fused-ring (bicyclic) bond motifs is 6. The van der Waals surface area contributed by atoms with Crippen molar-refractivity contribution in [3.63, 3.8) is 0 Å². The number of rotatable bonds is 7. The molecular formula is C41H33N7O. The lowest BCUT2D eigenvalue weighted by Crippen LogP contribution is -2.04. The molecule has 0 aliphatic carbocycles. The fraction of sp³-hybridized carbons (Fsp3) is 0.122. The number of nitrogens with zero attached hydrogens (tertiary/aromatic N) is 7. The van der Waals surface area contributed by atoms with Crippen LogP contribution in [0.4, 0.5) is 0 Å². The molecule has 0 N–H and O–H groups in total. The van der Waals surface area contributed by atoms with Crippen molar-refractivity contribution in [2.24, 2.45) is 0 Å². The molecule has 4 aromatic carbocycles. The van der Waals surface area contributed by atoms with E-state index >= 15 is 0 Å². The summed E-state index contributed by atoms with van der Waals surface area (Å²) in [6.45, 7) is 4.27. The maximum absolute atomic E-state index is 5.91. The fourth-order valence-electron chi connectivity index (χ4n) is 7.04. The van der Waals surface area contributed by atoms with Gasteiger partial charge in [0.25, 0.3) is 0 Å². The molecule has 0 aliphatic heterocycles. The number of ether oxygens (including phenoxy) is 1. The molecule has 9 aromatic rings. The highest BCUT2D eigenvalue weighted by molar-refractivity contribution is 6.16. The van der Waals surface area contributed by atoms with E-state index in [1.807, 2.05) is 47.3 Å². The molecule has 0 unspecified atom stereocenters. The zero-order chi connectivity index (χ0) is 33.1. The summed E-state index contributed by atoms with van der Waals surface area (Å²) in [5, 5.41) is 9.49. The average Bonchev–Trinajstić information content (AvgIpc) is 3.81. The molecule has 0 radical (unpaired) electrons. The minimum atomic E-state index is 0.651. The van der Waals surface area contributed by atoms with E-state index in [9.17, 15) is 0 Å². The van der Waals surface area contributed by atoms with Crippen LogP contribution in [-0.4, -0.2) is 41.0 Å². The number of hydrogen-bond donors (Lipinski definition) is 0. The van der Waals surface area contributed by atoms with Gasteiger partial charge in [0.1, 0.15) is 28.7 Å². The van der Waals surface area contributed by atoms with Gasteiger partial charge in [-0.3, -0.25) is 9.13 Å². The second-order valence-electron chi connectivity index (χ2n) is 12.3. The van der Waals surface area contributed by atoms with Gasteiger partial charge in [-0.1, -0.05) is 67.6 Å². The van der Waals surface area contributed by atoms with Crippen molar-refractivity contribution in [1.82, 2.24) is 33.9 Å². The van der Waals surface area contributed by atoms with Crippen molar-refractivity contribution in [2.45, 2.75) is 26.7 Å². The van der Waals surface area contributed by atoms with Crippen LogP contribution in [-0.2, 0) is 6.42 Å². The molecule has 5 aromatic heterocycles. The summed E-state index contributed by atoms with van der Waals surface area (Å²) in [4.78, 5) is 15.3. The molecule has 5 heterocycles. The first-order valence-electron chi connectivity index (χ1n) is 16.6. The Kier molecular flexibility index (Phi) is 6.76. The predicted molar refractivity (Wildman–Crippen MR) is 196 cm³/mol. The largest absolute Gasteiger partial charge is 0.497 e. The van der Waals surface area contributed by atoms with Crippen molar-refractivity contribution >= 4 is 43.9 Å². The summed E-state index contributed by atoms with van der Waals surface area (Å²) in [6.07, 6.45) is 3.60. The van der Waals surface area contributed by atoms with E-state index in [0.29, 0.717) is 11.6 Å². The SMILES string of the molecule is CCCc1nc(-c2cc(OC)cc(-n3c4ccccc4c4cc5c6ccccc6n(-c6ccccn6)c5nc43)c2)nn1-c1ccccc1C. The van der Waals surface area contributed by atoms with Crippen LogP contribution in [0.3, 0.4) is 0 Å². The van der Waals surface area contributed by atoms with Gasteiger partial charge < -0.3 is 4.74 Å². The monoisotopic (exact) mass is 639 g/mol. The Labute approximate surface area is 282 Å². The van der Waals surface area contributed by atoms with Gasteiger partial charge in [0.05, 0.1) is 29.5 Å². The van der Waals surface area contributed by atoms with Gasteiger partial charge in [0.15, 0.2) is 5.82 Å². The van der Waals surface area contributed by atoms with E-state index in [1.54, 1.807) is 7.11 Å². The predicted octanol–water partition coefficient (Wildman–Crippen LogP) is 9.19. The molecule has 0 amide bonds. The Balaban J connectivity index is 1.32. The molecule has 0 spiro atoms. The normalized spacial score (nSPS) is 11.7. The standard InChI is InChI=1S/C41H33N7O/c1-4-13-38-43-39(45-48(38)34-17-8-5-14-26(34)2)27-22-28(24-29(23-27)49-3)46-35-18-9-6-15-30(35)32-25-33-31-16-7-10-19-36(31)47(41(33)44-40(32)46)37-20-11-12-21-42-37/h5-12,14-25H,4,13H2,1-3H3. The number of methoxy groups -OCH3 is 1. The van der Waals surface area contributed by atoms with Crippen molar-refractivity contribution in [3.05, 3.63) is 133 Å². The summed E-state index contributed by atoms with van der Waals surface area (Å²) in [6, 6.07) is 39.7. The molecule has 0 atom stereocenters. The summed E-state index contributed by atoms with van der Waals surface area (Å²) in [7, 11) is 1.70. The van der Waals surface area contributed by atoms with Gasteiger partial charge >= 0.3 is 0 Å². The van der Waals surface area contributed by atoms with Crippen LogP contribution in [0.2, 0.25) is 0 Å². The second-order valence-corrected chi connectivity index (χ2v) is 12.3. The quantitative estimate of drug-likeness (QED) is 0.174. The first-order chi connectivity index (χ1) is 24.1. The number of aryl methyl sites for hydroxylation is 2. The van der Waals surface area contributed by atoms with Crippen molar-refractivity contribution < 1.29 is 4.74 Å². The molecule has 9 rings (SSSR count). The molecule has 0 bridgehead atoms. The summed E-state index contributed by atoms with van der Waals surface area (Å²) >= 11 is 0. The zero-order valence-electron chi connectivity index (χ0n) is 27.5. The van der Waals surface area contributed by atoms with E-state index in [4.69, 9.17) is 24.8 Å². The van der Waals surface area contributed by atoms with Gasteiger partial charge in [-0.25, -0.2) is 19.6 Å². The molecule has 0 aliphatic rings. The Hall–Kier alpha value is -6.28. The average molecular weight is 640 g/mol. The topological polar surface area (TPSA) is 75.6 Å². The first kappa shape index (κ1) is 28.9. The van der Waals surface area contributed by atoms with E-state index in [-0.39, 0.29) is 0 Å². The highest BCUT2D eigenvalue weighted by Gasteiger charge is 2.22. The Morgan fingerprint density at radius 1 is 0.673 bits per heavy atom. The molecular weight excluding hydrogens is 606 g/mol. The smallest absolute Gasteiger partial charge is 0.182 e. The van der Waals surface area contributed by atoms with Crippen LogP contribution in [0.15, 0.2) is 121 Å². The van der Waals surface area contributed by atoms with Gasteiger partial charge in [0, 0.05) is 45.8 Å². The maximum atomic E-state index is 5.91. The van der Waals surface area contributed by atoms with Crippen molar-refractivity contribution in [1.29, 1.82) is 0 Å². The van der Waals surface area contributed by atoms with Crippen LogP contribution in [0.25, 0.3) is 72.5 Å². The summed E-state index contributed by atoms with van der Waals surface area (Å²) < 4.78 is 12.3. The molecule has 0 saturated carbocycles. The van der Waals surface area contributed by atoms with Crippen LogP contribution in [0.5, 0.6) is 5.75 Å². The number of para-hydroxylation sites is 3. The number of aromatic nitrogens is 7. The third-order valence-corrected chi connectivity index (χ3v) is 9.29. The number of benzene rings is 4. The van der Waals surface area contributed by atoms with E-state index in [1.165, 1.54) is 0 Å². The Bertz CT molecular complexity index is 2680. The minimum Gasteiger partial charge on any atom is -0.497 e. The molecule has 238 valence electrons. The summed E-state index contributed by atoms with van der Waals surface area (Å²) in [5.41, 5.74) is 7.77. The van der Waals surface area contributed by atoms with Crippen molar-refractivity contribution in [2.75, 3.05) is 7.11 Å². The lowest BCUT2D eigenvalue weighted by Gasteiger charge is -2.12. The van der Waals surface area contributed by atoms with Gasteiger partial charge in [-0.05, 0) is 67.4 Å². The third-order valence-electron chi connectivity index (χ3n) is 9.29. The van der Waals surface area contributed by atoms with Crippen molar-refractivity contribution in [3.8, 4) is 34.3 Å². The van der Waals surface area contributed by atoms with Crippen LogP contribution >= 0.6 is 0 Å². The third kappa shape index (κ3) is 4.59. The van der Waals surface area contributed by atoms with Gasteiger partial charge in [-0.15, -0.1) is 5.10 Å².